The molecule has 4 rings (SSSR count). The van der Waals surface area contributed by atoms with Crippen molar-refractivity contribution in [3.8, 4) is 0 Å². The summed E-state index contributed by atoms with van der Waals surface area (Å²) in [5.41, 5.74) is -2.23. The highest BCUT2D eigenvalue weighted by Crippen LogP contribution is 2.57. The molecule has 4 saturated carbocycles. The number of hydrogen-bond acceptors (Lipinski definition) is 5. The maximum Gasteiger partial charge on any atom is 0.470 e. The highest BCUT2D eigenvalue weighted by molar-refractivity contribution is 5.86. The number of carbonyl (C=O) groups excluding carboxylic acids is 1. The van der Waals surface area contributed by atoms with Gasteiger partial charge >= 0.3 is 5.66 Å². The van der Waals surface area contributed by atoms with Gasteiger partial charge in [-0.2, -0.15) is 0 Å². The van der Waals surface area contributed by atoms with Crippen LogP contribution in [0.15, 0.2) is 0 Å². The predicted molar refractivity (Wildman–Crippen MR) is 54.2 cm³/mol. The Balaban J connectivity index is 2.13. The van der Waals surface area contributed by atoms with Crippen molar-refractivity contribution in [2.45, 2.75) is 31.3 Å². The van der Waals surface area contributed by atoms with Gasteiger partial charge in [0.2, 0.25) is 0 Å². The van der Waals surface area contributed by atoms with Gasteiger partial charge in [0.25, 0.3) is 0 Å². The molecule has 92 valence electrons. The highest BCUT2D eigenvalue weighted by Gasteiger charge is 2.77. The third-order valence-corrected chi connectivity index (χ3v) is 4.82. The third-order valence-electron chi connectivity index (χ3n) is 4.82. The molecule has 0 amide bonds. The minimum Gasteiger partial charge on any atom is -0.298 e. The number of carbonyl (C=O) groups is 1. The van der Waals surface area contributed by atoms with Crippen molar-refractivity contribution in [2.24, 2.45) is 23.7 Å². The van der Waals surface area contributed by atoms with E-state index in [2.05, 4.69) is 0 Å². The molecule has 4 atom stereocenters. The summed E-state index contributed by atoms with van der Waals surface area (Å²) < 4.78 is 0. The van der Waals surface area contributed by atoms with Crippen LogP contribution in [0.4, 0.5) is 0 Å². The molecule has 4 unspecified atom stereocenters. The van der Waals surface area contributed by atoms with Crippen LogP contribution in [0.5, 0.6) is 0 Å². The van der Waals surface area contributed by atoms with E-state index >= 15 is 0 Å². The Morgan fingerprint density at radius 1 is 1.06 bits per heavy atom. The first-order valence-electron chi connectivity index (χ1n) is 5.80. The number of ketones is 1. The van der Waals surface area contributed by atoms with E-state index in [1.807, 2.05) is 0 Å². The Morgan fingerprint density at radius 2 is 1.71 bits per heavy atom. The topological polar surface area (TPSA) is 103 Å². The second-order valence-corrected chi connectivity index (χ2v) is 5.45. The molecule has 0 saturated heterocycles. The Morgan fingerprint density at radius 3 is 2.29 bits per heavy atom. The molecule has 4 fully saturated rings. The first kappa shape index (κ1) is 10.6. The zero-order chi connectivity index (χ0) is 12.4. The Hall–Kier alpha value is -1.53. The van der Waals surface area contributed by atoms with E-state index < -0.39 is 27.3 Å². The van der Waals surface area contributed by atoms with Gasteiger partial charge in [-0.3, -0.25) is 25.0 Å². The molecule has 17 heavy (non-hydrogen) atoms. The fourth-order valence-electron chi connectivity index (χ4n) is 4.23. The van der Waals surface area contributed by atoms with Crippen LogP contribution in [0, 0.1) is 43.9 Å². The number of nitrogens with zero attached hydrogens (tertiary/aromatic N) is 2. The molecule has 0 aromatic rings. The third kappa shape index (κ3) is 1.04. The van der Waals surface area contributed by atoms with E-state index in [0.717, 1.165) is 6.42 Å². The molecule has 0 aromatic carbocycles. The first-order valence-corrected chi connectivity index (χ1v) is 5.80. The largest absolute Gasteiger partial charge is 0.470 e. The van der Waals surface area contributed by atoms with Crippen molar-refractivity contribution in [1.29, 1.82) is 0 Å². The summed E-state index contributed by atoms with van der Waals surface area (Å²) in [6.45, 7) is 0. The second kappa shape index (κ2) is 3.02. The van der Waals surface area contributed by atoms with Gasteiger partial charge in [-0.25, -0.2) is 0 Å². The van der Waals surface area contributed by atoms with Crippen LogP contribution in [0.2, 0.25) is 0 Å². The molecule has 0 spiro atoms. The summed E-state index contributed by atoms with van der Waals surface area (Å²) in [4.78, 5) is 32.8. The highest BCUT2D eigenvalue weighted by atomic mass is 16.7. The maximum atomic E-state index is 12.0. The molecule has 4 aliphatic carbocycles. The lowest BCUT2D eigenvalue weighted by Crippen LogP contribution is -2.69. The Bertz CT molecular complexity index is 420. The minimum absolute atomic E-state index is 0.162. The summed E-state index contributed by atoms with van der Waals surface area (Å²) in [5.74, 6) is -1.69. The molecular weight excluding hydrogens is 228 g/mol. The van der Waals surface area contributed by atoms with Gasteiger partial charge in [-0.1, -0.05) is 0 Å². The SMILES string of the molecule is O=C1C2CC3CC(C2)C([N+](=O)[O-])([N+](=O)[O-])C1C3. The van der Waals surface area contributed by atoms with Gasteiger partial charge in [0.15, 0.2) is 11.7 Å². The number of nitro groups is 2. The quantitative estimate of drug-likeness (QED) is 0.404. The number of Topliss-reactive ketones (excluding diaryl/α,β-unsaturated/α-hetero) is 1. The van der Waals surface area contributed by atoms with Crippen molar-refractivity contribution in [2.75, 3.05) is 0 Å². The molecule has 4 bridgehead atoms. The van der Waals surface area contributed by atoms with Crippen LogP contribution in [-0.4, -0.2) is 21.3 Å². The van der Waals surface area contributed by atoms with E-state index in [4.69, 9.17) is 0 Å². The molecule has 0 radical (unpaired) electrons. The van der Waals surface area contributed by atoms with Crippen molar-refractivity contribution in [3.05, 3.63) is 20.2 Å². The van der Waals surface area contributed by atoms with Crippen molar-refractivity contribution in [1.82, 2.24) is 0 Å². The summed E-state index contributed by atoms with van der Waals surface area (Å²) in [6, 6.07) is 0. The lowest BCUT2D eigenvalue weighted by atomic mass is 9.51. The van der Waals surface area contributed by atoms with E-state index in [1.165, 1.54) is 0 Å². The van der Waals surface area contributed by atoms with Gasteiger partial charge < -0.3 is 0 Å². The van der Waals surface area contributed by atoms with Gasteiger partial charge in [-0.05, 0) is 31.6 Å². The average Bonchev–Trinajstić information content (AvgIpc) is 2.24. The van der Waals surface area contributed by atoms with Gasteiger partial charge in [0.1, 0.15) is 5.92 Å². The summed E-state index contributed by atoms with van der Waals surface area (Å²) in [7, 11) is 0. The van der Waals surface area contributed by atoms with Gasteiger partial charge in [-0.15, -0.1) is 0 Å². The van der Waals surface area contributed by atoms with E-state index in [0.29, 0.717) is 19.3 Å². The monoisotopic (exact) mass is 240 g/mol. The smallest absolute Gasteiger partial charge is 0.298 e. The summed E-state index contributed by atoms with van der Waals surface area (Å²) >= 11 is 0. The Kier molecular flexibility index (Phi) is 1.89. The molecule has 0 aliphatic heterocycles. The molecular formula is C10H12N2O5. The first-order chi connectivity index (χ1) is 7.97. The van der Waals surface area contributed by atoms with Crippen LogP contribution in [0.3, 0.4) is 0 Å². The molecule has 7 heteroatoms. The lowest BCUT2D eigenvalue weighted by Gasteiger charge is -2.49. The normalized spacial score (nSPS) is 41.5. The fraction of sp³-hybridized carbons (Fsp3) is 0.900. The van der Waals surface area contributed by atoms with Crippen LogP contribution in [-0.2, 0) is 4.79 Å². The summed E-state index contributed by atoms with van der Waals surface area (Å²) in [6.07, 6.45) is 1.96. The van der Waals surface area contributed by atoms with Crippen LogP contribution >= 0.6 is 0 Å². The maximum absolute atomic E-state index is 12.0. The lowest BCUT2D eigenvalue weighted by molar-refractivity contribution is -0.819. The standard InChI is InChI=1S/C10H12N2O5/c13-9-6-1-5-2-7(4-6)10(11(14)15,12(16)17)8(9)3-5/h5-8H,1-4H2. The van der Waals surface area contributed by atoms with Gasteiger partial charge in [0, 0.05) is 5.92 Å². The minimum atomic E-state index is -2.23. The molecule has 0 aromatic heterocycles. The second-order valence-electron chi connectivity index (χ2n) is 5.45. The van der Waals surface area contributed by atoms with Crippen LogP contribution in [0.25, 0.3) is 0 Å². The Labute approximate surface area is 96.5 Å². The van der Waals surface area contributed by atoms with Crippen molar-refractivity contribution >= 4 is 5.78 Å². The molecule has 0 N–H and O–H groups in total. The zero-order valence-corrected chi connectivity index (χ0v) is 9.07. The van der Waals surface area contributed by atoms with E-state index in [-0.39, 0.29) is 17.6 Å². The molecule has 4 aliphatic rings. The van der Waals surface area contributed by atoms with Crippen molar-refractivity contribution in [3.63, 3.8) is 0 Å². The fourth-order valence-corrected chi connectivity index (χ4v) is 4.23. The van der Waals surface area contributed by atoms with E-state index in [9.17, 15) is 25.0 Å². The van der Waals surface area contributed by atoms with Gasteiger partial charge in [0.05, 0.1) is 9.85 Å². The summed E-state index contributed by atoms with van der Waals surface area (Å²) in [5, 5.41) is 22.4. The average molecular weight is 240 g/mol. The van der Waals surface area contributed by atoms with Crippen molar-refractivity contribution < 1.29 is 14.6 Å². The predicted octanol–water partition coefficient (Wildman–Crippen LogP) is 0.871. The number of hydrogen-bond donors (Lipinski definition) is 0. The molecule has 7 nitrogen and oxygen atoms in total. The van der Waals surface area contributed by atoms with E-state index in [1.54, 1.807) is 0 Å². The molecule has 0 heterocycles. The number of rotatable bonds is 2. The zero-order valence-electron chi connectivity index (χ0n) is 9.07. The van der Waals surface area contributed by atoms with Crippen LogP contribution < -0.4 is 0 Å². The van der Waals surface area contributed by atoms with Crippen LogP contribution in [0.1, 0.15) is 25.7 Å².